The lowest BCUT2D eigenvalue weighted by atomic mass is 9.93. The summed E-state index contributed by atoms with van der Waals surface area (Å²) < 4.78 is 1.34. The fourth-order valence-electron chi connectivity index (χ4n) is 4.66. The van der Waals surface area contributed by atoms with Crippen molar-refractivity contribution < 1.29 is 19.8 Å². The summed E-state index contributed by atoms with van der Waals surface area (Å²) >= 11 is 0. The van der Waals surface area contributed by atoms with Gasteiger partial charge in [0, 0.05) is 12.2 Å². The van der Waals surface area contributed by atoms with E-state index in [-0.39, 0.29) is 18.4 Å². The smallest absolute Gasteiger partial charge is 0.341 e. The van der Waals surface area contributed by atoms with E-state index in [2.05, 4.69) is 0 Å². The number of fused-ring (bicyclic) bond motifs is 3. The lowest BCUT2D eigenvalue weighted by Gasteiger charge is -2.45. The van der Waals surface area contributed by atoms with Gasteiger partial charge in [0.15, 0.2) is 11.4 Å². The third-order valence-corrected chi connectivity index (χ3v) is 6.38. The lowest BCUT2D eigenvalue weighted by molar-refractivity contribution is 0.0612. The molecule has 0 bridgehead atoms. The number of nitrogens with zero attached hydrogens (tertiary/aromatic N) is 3. The second-order valence-electron chi connectivity index (χ2n) is 8.66. The molecule has 0 spiro atoms. The van der Waals surface area contributed by atoms with E-state index >= 15 is 0 Å². The summed E-state index contributed by atoms with van der Waals surface area (Å²) in [6.45, 7) is 3.82. The van der Waals surface area contributed by atoms with Crippen molar-refractivity contribution in [3.05, 3.63) is 98.5 Å². The second-order valence-corrected chi connectivity index (χ2v) is 8.66. The van der Waals surface area contributed by atoms with Crippen molar-refractivity contribution >= 4 is 24.0 Å². The van der Waals surface area contributed by atoms with Crippen molar-refractivity contribution in [3.8, 4) is 5.75 Å². The third kappa shape index (κ3) is 3.18. The van der Waals surface area contributed by atoms with Crippen molar-refractivity contribution in [2.24, 2.45) is 0 Å². The zero-order chi connectivity index (χ0) is 24.1. The van der Waals surface area contributed by atoms with E-state index in [9.17, 15) is 24.6 Å². The van der Waals surface area contributed by atoms with Gasteiger partial charge in [-0.3, -0.25) is 19.3 Å². The zero-order valence-corrected chi connectivity index (χ0v) is 18.7. The molecule has 0 fully saturated rings. The Hall–Kier alpha value is -4.33. The Morgan fingerprint density at radius 3 is 2.06 bits per heavy atom. The second kappa shape index (κ2) is 7.91. The van der Waals surface area contributed by atoms with Crippen LogP contribution in [0.2, 0.25) is 0 Å². The zero-order valence-electron chi connectivity index (χ0n) is 18.7. The monoisotopic (exact) mass is 457 g/mol. The van der Waals surface area contributed by atoms with Crippen LogP contribution in [0.15, 0.2) is 59.5 Å². The average Bonchev–Trinajstić information content (AvgIpc) is 2.98. The molecule has 8 heteroatoms. The van der Waals surface area contributed by atoms with E-state index in [4.69, 9.17) is 0 Å². The number of amides is 1. The van der Waals surface area contributed by atoms with Crippen LogP contribution in [-0.2, 0) is 0 Å². The van der Waals surface area contributed by atoms with Gasteiger partial charge in [-0.1, -0.05) is 60.7 Å². The minimum absolute atomic E-state index is 0.123. The van der Waals surface area contributed by atoms with E-state index in [0.29, 0.717) is 0 Å². The number of aromatic nitrogens is 1. The van der Waals surface area contributed by atoms with Crippen LogP contribution < -0.4 is 10.4 Å². The number of rotatable bonds is 3. The van der Waals surface area contributed by atoms with Crippen LogP contribution in [0.3, 0.4) is 0 Å². The maximum Gasteiger partial charge on any atom is 0.341 e. The number of aromatic hydroxyl groups is 1. The molecule has 2 aliphatic rings. The van der Waals surface area contributed by atoms with Gasteiger partial charge in [0.05, 0.1) is 6.04 Å². The van der Waals surface area contributed by atoms with Crippen LogP contribution in [0.4, 0.5) is 0 Å². The Labute approximate surface area is 195 Å². The van der Waals surface area contributed by atoms with Crippen molar-refractivity contribution in [1.82, 2.24) is 9.58 Å². The Balaban J connectivity index is 1.84. The fourth-order valence-corrected chi connectivity index (χ4v) is 4.66. The lowest BCUT2D eigenvalue weighted by Crippen LogP contribution is -2.57. The highest BCUT2D eigenvalue weighted by Crippen LogP contribution is 2.38. The molecule has 1 aromatic heterocycles. The molecule has 5 rings (SSSR count). The van der Waals surface area contributed by atoms with Gasteiger partial charge < -0.3 is 15.1 Å². The maximum absolute atomic E-state index is 13.3. The number of carbonyl (C=O) groups is 2. The number of hydrogen-bond acceptors (Lipinski definition) is 5. The van der Waals surface area contributed by atoms with Crippen molar-refractivity contribution in [2.45, 2.75) is 25.9 Å². The fraction of sp³-hybridized carbons (Fsp3) is 0.192. The summed E-state index contributed by atoms with van der Waals surface area (Å²) in [5.41, 5.74) is 1.91. The van der Waals surface area contributed by atoms with Gasteiger partial charge >= 0.3 is 5.97 Å². The molecule has 0 atom stereocenters. The molecule has 0 radical (unpaired) electrons. The van der Waals surface area contributed by atoms with E-state index in [0.717, 1.165) is 28.5 Å². The molecule has 1 aliphatic carbocycles. The molecule has 3 aromatic rings. The molecule has 34 heavy (non-hydrogen) atoms. The molecule has 172 valence electrons. The average molecular weight is 457 g/mol. The molecule has 0 saturated heterocycles. The molecular formula is C26H23N3O5. The SMILES string of the molecule is CC(C)N1CN(C2c3ccccc3C=Cc3ccccc32)n2cc(C(=O)O)c(=O)c(O)c2C1=O. The van der Waals surface area contributed by atoms with Crippen molar-refractivity contribution in [2.75, 3.05) is 11.7 Å². The van der Waals surface area contributed by atoms with Crippen LogP contribution in [0.5, 0.6) is 5.75 Å². The van der Waals surface area contributed by atoms with Crippen LogP contribution >= 0.6 is 0 Å². The number of pyridine rings is 1. The molecule has 2 N–H and O–H groups in total. The minimum atomic E-state index is -1.47. The largest absolute Gasteiger partial charge is 0.502 e. The van der Waals surface area contributed by atoms with Gasteiger partial charge in [-0.15, -0.1) is 0 Å². The molecule has 1 amide bonds. The first-order valence-corrected chi connectivity index (χ1v) is 10.9. The Kier molecular flexibility index (Phi) is 5.01. The molecule has 1 aliphatic heterocycles. The number of carboxylic acids is 1. The first kappa shape index (κ1) is 21.5. The highest BCUT2D eigenvalue weighted by atomic mass is 16.4. The first-order chi connectivity index (χ1) is 16.3. The number of aromatic carboxylic acids is 1. The summed E-state index contributed by atoms with van der Waals surface area (Å²) in [5.74, 6) is -2.88. The normalized spacial score (nSPS) is 15.1. The summed E-state index contributed by atoms with van der Waals surface area (Å²) in [7, 11) is 0. The Morgan fingerprint density at radius 2 is 1.53 bits per heavy atom. The van der Waals surface area contributed by atoms with Crippen LogP contribution in [0.25, 0.3) is 12.2 Å². The predicted molar refractivity (Wildman–Crippen MR) is 127 cm³/mol. The Bertz CT molecular complexity index is 1370. The quantitative estimate of drug-likeness (QED) is 0.626. The van der Waals surface area contributed by atoms with Crippen molar-refractivity contribution in [1.29, 1.82) is 0 Å². The van der Waals surface area contributed by atoms with Crippen molar-refractivity contribution in [3.63, 3.8) is 0 Å². The maximum atomic E-state index is 13.3. The Morgan fingerprint density at radius 1 is 0.971 bits per heavy atom. The first-order valence-electron chi connectivity index (χ1n) is 10.9. The van der Waals surface area contributed by atoms with Gasteiger partial charge in [-0.2, -0.15) is 0 Å². The molecule has 2 aromatic carbocycles. The summed E-state index contributed by atoms with van der Waals surface area (Å²) in [6, 6.07) is 15.0. The molecule has 0 unspecified atom stereocenters. The third-order valence-electron chi connectivity index (χ3n) is 6.38. The topological polar surface area (TPSA) is 103 Å². The summed E-state index contributed by atoms with van der Waals surface area (Å²) in [4.78, 5) is 39.3. The number of benzene rings is 2. The molecule has 0 saturated carbocycles. The summed E-state index contributed by atoms with van der Waals surface area (Å²) in [6.07, 6.45) is 5.19. The summed E-state index contributed by atoms with van der Waals surface area (Å²) in [5, 5.41) is 22.2. The molecule has 8 nitrogen and oxygen atoms in total. The predicted octanol–water partition coefficient (Wildman–Crippen LogP) is 3.29. The van der Waals surface area contributed by atoms with Gasteiger partial charge in [-0.25, -0.2) is 4.79 Å². The van der Waals surface area contributed by atoms with E-state index in [1.54, 1.807) is 4.90 Å². The number of hydrogen-bond donors (Lipinski definition) is 2. The van der Waals surface area contributed by atoms with E-state index < -0.39 is 34.7 Å². The molecule has 2 heterocycles. The van der Waals surface area contributed by atoms with Crippen LogP contribution in [0.1, 0.15) is 63.0 Å². The van der Waals surface area contributed by atoms with Gasteiger partial charge in [-0.05, 0) is 36.1 Å². The van der Waals surface area contributed by atoms with Gasteiger partial charge in [0.25, 0.3) is 5.91 Å². The van der Waals surface area contributed by atoms with E-state index in [1.807, 2.05) is 79.5 Å². The van der Waals surface area contributed by atoms with Crippen LogP contribution in [-0.4, -0.2) is 44.4 Å². The highest BCUT2D eigenvalue weighted by molar-refractivity contribution is 5.98. The standard InChI is InChI=1S/C26H23N3O5/c1-15(2)27-14-29(28-13-20(26(33)34)23(30)24(31)22(28)25(27)32)21-18-9-5-3-7-16(18)11-12-17-8-4-6-10-19(17)21/h3-13,15,21,31H,14H2,1-2H3,(H,33,34). The number of carbonyl (C=O) groups excluding carboxylic acids is 1. The minimum Gasteiger partial charge on any atom is -0.502 e. The number of carboxylic acid groups (broad SMARTS) is 1. The van der Waals surface area contributed by atoms with E-state index in [1.165, 1.54) is 4.68 Å². The van der Waals surface area contributed by atoms with Crippen LogP contribution in [0, 0.1) is 0 Å². The molecular weight excluding hydrogens is 434 g/mol. The van der Waals surface area contributed by atoms with Gasteiger partial charge in [0.1, 0.15) is 12.2 Å². The highest BCUT2D eigenvalue weighted by Gasteiger charge is 2.39. The van der Waals surface area contributed by atoms with Gasteiger partial charge in [0.2, 0.25) is 5.43 Å².